The molecular formula is C53H49N4+. The van der Waals surface area contributed by atoms with Crippen molar-refractivity contribution in [2.75, 3.05) is 13.7 Å². The molecule has 280 valence electrons. The number of aromatic nitrogens is 2. The molecule has 4 nitrogen and oxygen atoms in total. The molecule has 1 fully saturated rings. The Morgan fingerprint density at radius 2 is 1.21 bits per heavy atom. The van der Waals surface area contributed by atoms with Crippen LogP contribution in [-0.4, -0.2) is 23.3 Å². The quantitative estimate of drug-likeness (QED) is 0.130. The first kappa shape index (κ1) is 34.4. The van der Waals surface area contributed by atoms with E-state index in [0.29, 0.717) is 0 Å². The first-order valence-electron chi connectivity index (χ1n) is 20.4. The van der Waals surface area contributed by atoms with Crippen LogP contribution in [0.4, 0.5) is 17.1 Å². The summed E-state index contributed by atoms with van der Waals surface area (Å²) in [5.41, 5.74) is 16.4. The molecule has 12 rings (SSSR count). The summed E-state index contributed by atoms with van der Waals surface area (Å²) >= 11 is 0. The summed E-state index contributed by atoms with van der Waals surface area (Å²) in [5, 5.41) is 2.47. The highest BCUT2D eigenvalue weighted by molar-refractivity contribution is 6.09. The number of quaternary nitrogens is 2. The Morgan fingerprint density at radius 3 is 1.93 bits per heavy atom. The second-order valence-electron chi connectivity index (χ2n) is 19.0. The smallest absolute Gasteiger partial charge is 0.181 e. The molecule has 0 N–H and O–H groups in total. The van der Waals surface area contributed by atoms with Crippen LogP contribution in [0.15, 0.2) is 152 Å². The van der Waals surface area contributed by atoms with E-state index in [2.05, 4.69) is 205 Å². The van der Waals surface area contributed by atoms with E-state index in [9.17, 15) is 0 Å². The average Bonchev–Trinajstić information content (AvgIpc) is 3.86. The van der Waals surface area contributed by atoms with Crippen LogP contribution < -0.4 is 8.97 Å². The lowest BCUT2D eigenvalue weighted by Gasteiger charge is -2.55. The second-order valence-corrected chi connectivity index (χ2v) is 19.0. The molecule has 6 aromatic carbocycles. The molecule has 2 aromatic heterocycles. The van der Waals surface area contributed by atoms with Crippen molar-refractivity contribution in [3.05, 3.63) is 192 Å². The predicted molar refractivity (Wildman–Crippen MR) is 238 cm³/mol. The lowest BCUT2D eigenvalue weighted by atomic mass is 9.67. The average molecular weight is 742 g/mol. The molecule has 0 spiro atoms. The molecule has 57 heavy (non-hydrogen) atoms. The molecule has 0 radical (unpaired) electrons. The van der Waals surface area contributed by atoms with Crippen molar-refractivity contribution < 1.29 is 0 Å². The SMILES string of the molecule is CC(C)(C)c1ccnc(-n2c3ccccc3c3ccc(C4(c5cccc([N@@+]67[CH-][N@@+](C)(C6)c6cc(C(C)(C)C)ccc67)c5)c5ccccc5-c5ccccc54)cc32)c1. The van der Waals surface area contributed by atoms with Crippen LogP contribution in [0, 0.1) is 6.67 Å². The van der Waals surface area contributed by atoms with Crippen molar-refractivity contribution in [3.63, 3.8) is 0 Å². The van der Waals surface area contributed by atoms with Gasteiger partial charge in [0.15, 0.2) is 18.0 Å². The largest absolute Gasteiger partial charge is 0.325 e. The number of hydrogen-bond acceptors (Lipinski definition) is 1. The van der Waals surface area contributed by atoms with Crippen LogP contribution in [0.5, 0.6) is 0 Å². The first-order valence-corrected chi connectivity index (χ1v) is 20.4. The Balaban J connectivity index is 1.18. The van der Waals surface area contributed by atoms with Gasteiger partial charge in [-0.2, -0.15) is 0 Å². The molecule has 5 heterocycles. The zero-order valence-corrected chi connectivity index (χ0v) is 34.0. The maximum Gasteiger partial charge on any atom is 0.181 e. The molecule has 0 amide bonds. The second kappa shape index (κ2) is 11.4. The van der Waals surface area contributed by atoms with Crippen molar-refractivity contribution in [3.8, 4) is 16.9 Å². The van der Waals surface area contributed by atoms with E-state index in [4.69, 9.17) is 4.98 Å². The number of fused-ring (bicyclic) bond motifs is 6. The highest BCUT2D eigenvalue weighted by Crippen LogP contribution is 2.62. The Bertz CT molecular complexity index is 2920. The van der Waals surface area contributed by atoms with Gasteiger partial charge in [0.05, 0.1) is 30.2 Å². The molecular weight excluding hydrogens is 693 g/mol. The van der Waals surface area contributed by atoms with Gasteiger partial charge >= 0.3 is 0 Å². The van der Waals surface area contributed by atoms with Gasteiger partial charge < -0.3 is 4.48 Å². The van der Waals surface area contributed by atoms with E-state index >= 15 is 0 Å². The van der Waals surface area contributed by atoms with E-state index in [0.717, 1.165) is 21.5 Å². The van der Waals surface area contributed by atoms with Crippen LogP contribution in [0.3, 0.4) is 0 Å². The minimum absolute atomic E-state index is 0.00510. The standard InChI is InChI=1S/C53H49N4/c1-51(2,3)35-24-26-48-49(31-35)56(7)33-57(48,34-56)39-16-14-15-37(29-39)53(44-20-11-8-17-40(44)41-18-9-12-21-45(41)53)38-23-25-43-42-19-10-13-22-46(42)55(47(43)30-38)50-32-36(27-28-54-50)52(4,5)6/h8-33H,34H2,1-7H3/q+1/t56-,57+/m0/s1. The van der Waals surface area contributed by atoms with Gasteiger partial charge in [-0.25, -0.2) is 4.98 Å². The molecule has 4 aliphatic rings. The third-order valence-electron chi connectivity index (χ3n) is 13.4. The molecule has 0 unspecified atom stereocenters. The van der Waals surface area contributed by atoms with Gasteiger partial charge in [0, 0.05) is 35.2 Å². The fourth-order valence-corrected chi connectivity index (χ4v) is 10.6. The van der Waals surface area contributed by atoms with Crippen LogP contribution >= 0.6 is 0 Å². The monoisotopic (exact) mass is 741 g/mol. The van der Waals surface area contributed by atoms with Gasteiger partial charge in [0.25, 0.3) is 0 Å². The lowest BCUT2D eigenvalue weighted by molar-refractivity contribution is 0.157. The van der Waals surface area contributed by atoms with E-state index < -0.39 is 5.41 Å². The molecule has 2 atom stereocenters. The van der Waals surface area contributed by atoms with Crippen LogP contribution in [-0.2, 0) is 16.2 Å². The Morgan fingerprint density at radius 1 is 0.579 bits per heavy atom. The van der Waals surface area contributed by atoms with E-state index in [-0.39, 0.29) is 10.8 Å². The third kappa shape index (κ3) is 4.60. The highest BCUT2D eigenvalue weighted by atomic mass is 15.7. The normalized spacial score (nSPS) is 20.3. The van der Waals surface area contributed by atoms with Gasteiger partial charge in [-0.1, -0.05) is 139 Å². The van der Waals surface area contributed by atoms with Crippen LogP contribution in [0.1, 0.15) is 74.9 Å². The molecule has 1 saturated heterocycles. The number of pyridine rings is 1. The fourth-order valence-electron chi connectivity index (χ4n) is 10.6. The van der Waals surface area contributed by atoms with E-state index in [1.807, 2.05) is 6.20 Å². The Hall–Kier alpha value is -5.81. The summed E-state index contributed by atoms with van der Waals surface area (Å²) < 4.78 is 4.00. The summed E-state index contributed by atoms with van der Waals surface area (Å²) in [6.45, 7) is 17.3. The summed E-state index contributed by atoms with van der Waals surface area (Å²) in [7, 11) is 2.37. The number of benzene rings is 6. The highest BCUT2D eigenvalue weighted by Gasteiger charge is 2.60. The van der Waals surface area contributed by atoms with E-state index in [1.165, 1.54) is 83.4 Å². The summed E-state index contributed by atoms with van der Waals surface area (Å²) in [6.07, 6.45) is 1.97. The van der Waals surface area contributed by atoms with Crippen molar-refractivity contribution in [1.29, 1.82) is 0 Å². The van der Waals surface area contributed by atoms with Gasteiger partial charge in [0.1, 0.15) is 11.5 Å². The number of rotatable bonds is 4. The lowest BCUT2D eigenvalue weighted by Crippen LogP contribution is -2.68. The van der Waals surface area contributed by atoms with Crippen molar-refractivity contribution in [2.45, 2.75) is 57.8 Å². The maximum absolute atomic E-state index is 5.04. The summed E-state index contributed by atoms with van der Waals surface area (Å²) in [6, 6.07) is 55.4. The first-order chi connectivity index (χ1) is 27.3. The zero-order valence-electron chi connectivity index (χ0n) is 34.0. The summed E-state index contributed by atoms with van der Waals surface area (Å²) in [5.74, 6) is 0.946. The maximum atomic E-state index is 5.04. The summed E-state index contributed by atoms with van der Waals surface area (Å²) in [4.78, 5) is 5.04. The van der Waals surface area contributed by atoms with Crippen molar-refractivity contribution in [2.24, 2.45) is 0 Å². The molecule has 0 saturated carbocycles. The zero-order chi connectivity index (χ0) is 39.1. The van der Waals surface area contributed by atoms with E-state index in [1.54, 1.807) is 0 Å². The van der Waals surface area contributed by atoms with Crippen molar-refractivity contribution in [1.82, 2.24) is 18.5 Å². The predicted octanol–water partition coefficient (Wildman–Crippen LogP) is 12.8. The van der Waals surface area contributed by atoms with Crippen LogP contribution in [0.2, 0.25) is 0 Å². The number of para-hydroxylation sites is 1. The van der Waals surface area contributed by atoms with Gasteiger partial charge in [-0.3, -0.25) is 9.05 Å². The molecule has 1 aliphatic carbocycles. The van der Waals surface area contributed by atoms with Gasteiger partial charge in [-0.15, -0.1) is 0 Å². The van der Waals surface area contributed by atoms with Crippen molar-refractivity contribution >= 4 is 38.9 Å². The minimum atomic E-state index is -0.556. The molecule has 3 aliphatic heterocycles. The number of nitrogens with zero attached hydrogens (tertiary/aromatic N) is 4. The number of hydrogen-bond donors (Lipinski definition) is 0. The van der Waals surface area contributed by atoms with Crippen LogP contribution in [0.25, 0.3) is 38.8 Å². The molecule has 2 bridgehead atoms. The fraction of sp³-hybridized carbons (Fsp3) is 0.208. The van der Waals surface area contributed by atoms with Gasteiger partial charge in [-0.05, 0) is 85.7 Å². The molecule has 8 aromatic rings. The minimum Gasteiger partial charge on any atom is -0.325 e. The topological polar surface area (TPSA) is 17.8 Å². The Labute approximate surface area is 336 Å². The third-order valence-corrected chi connectivity index (χ3v) is 13.4. The van der Waals surface area contributed by atoms with Gasteiger partial charge in [0.2, 0.25) is 0 Å². The molecule has 4 heteroatoms. The Kier molecular flexibility index (Phi) is 6.89.